The summed E-state index contributed by atoms with van der Waals surface area (Å²) in [5.41, 5.74) is 2.20. The molecule has 1 aromatic rings. The van der Waals surface area contributed by atoms with Crippen molar-refractivity contribution >= 4 is 28.7 Å². The molecular formula is C15H20INO3. The summed E-state index contributed by atoms with van der Waals surface area (Å²) >= 11 is 2.12. The lowest BCUT2D eigenvalue weighted by Gasteiger charge is -2.33. The Kier molecular flexibility index (Phi) is 4.18. The SMILES string of the molecule is CC(C)(C)C1CN(C(=O)O)CCc2cc(O)c(I)cc21. The number of carbonyl (C=O) groups is 1. The number of phenolic OH excluding ortho intramolecular Hbond substituents is 1. The highest BCUT2D eigenvalue weighted by Gasteiger charge is 2.34. The molecule has 0 aliphatic carbocycles. The Morgan fingerprint density at radius 1 is 1.40 bits per heavy atom. The molecule has 0 spiro atoms. The van der Waals surface area contributed by atoms with Gasteiger partial charge in [0.2, 0.25) is 0 Å². The Hall–Kier alpha value is -0.980. The zero-order valence-electron chi connectivity index (χ0n) is 12.0. The van der Waals surface area contributed by atoms with Gasteiger partial charge < -0.3 is 15.1 Å². The van der Waals surface area contributed by atoms with Gasteiger partial charge in [-0.2, -0.15) is 0 Å². The Labute approximate surface area is 132 Å². The van der Waals surface area contributed by atoms with Crippen molar-refractivity contribution in [2.24, 2.45) is 5.41 Å². The molecule has 0 bridgehead atoms. The molecule has 2 N–H and O–H groups in total. The molecule has 4 nitrogen and oxygen atoms in total. The molecule has 1 atom stereocenters. The predicted molar refractivity (Wildman–Crippen MR) is 86.3 cm³/mol. The topological polar surface area (TPSA) is 60.8 Å². The number of rotatable bonds is 0. The first-order valence-electron chi connectivity index (χ1n) is 6.69. The van der Waals surface area contributed by atoms with Crippen LogP contribution in [0.4, 0.5) is 4.79 Å². The first kappa shape index (κ1) is 15.4. The van der Waals surface area contributed by atoms with Crippen molar-refractivity contribution in [2.75, 3.05) is 13.1 Å². The summed E-state index contributed by atoms with van der Waals surface area (Å²) in [6.45, 7) is 7.38. The molecule has 0 saturated carbocycles. The summed E-state index contributed by atoms with van der Waals surface area (Å²) in [7, 11) is 0. The number of phenols is 1. The van der Waals surface area contributed by atoms with E-state index in [-0.39, 0.29) is 17.1 Å². The summed E-state index contributed by atoms with van der Waals surface area (Å²) in [4.78, 5) is 12.8. The number of fused-ring (bicyclic) bond motifs is 1. The molecule has 0 aromatic heterocycles. The van der Waals surface area contributed by atoms with E-state index in [1.165, 1.54) is 10.5 Å². The summed E-state index contributed by atoms with van der Waals surface area (Å²) in [6, 6.07) is 3.80. The Morgan fingerprint density at radius 3 is 2.60 bits per heavy atom. The largest absolute Gasteiger partial charge is 0.507 e. The van der Waals surface area contributed by atoms with Crippen molar-refractivity contribution in [3.8, 4) is 5.75 Å². The maximum absolute atomic E-state index is 11.3. The third-order valence-corrected chi connectivity index (χ3v) is 4.82. The third-order valence-electron chi connectivity index (χ3n) is 3.95. The van der Waals surface area contributed by atoms with Crippen LogP contribution in [0, 0.1) is 8.99 Å². The normalized spacial score (nSPS) is 19.4. The van der Waals surface area contributed by atoms with Crippen LogP contribution in [0.15, 0.2) is 12.1 Å². The van der Waals surface area contributed by atoms with Gasteiger partial charge in [0.1, 0.15) is 5.75 Å². The van der Waals surface area contributed by atoms with Crippen LogP contribution in [0.5, 0.6) is 5.75 Å². The molecule has 110 valence electrons. The molecule has 1 amide bonds. The van der Waals surface area contributed by atoms with Gasteiger partial charge in [0.25, 0.3) is 0 Å². The van der Waals surface area contributed by atoms with Gasteiger partial charge in [-0.3, -0.25) is 0 Å². The van der Waals surface area contributed by atoms with Crippen LogP contribution in [-0.4, -0.2) is 34.3 Å². The summed E-state index contributed by atoms with van der Waals surface area (Å²) in [5.74, 6) is 0.408. The highest BCUT2D eigenvalue weighted by molar-refractivity contribution is 14.1. The monoisotopic (exact) mass is 389 g/mol. The lowest BCUT2D eigenvalue weighted by Crippen LogP contribution is -2.36. The minimum Gasteiger partial charge on any atom is -0.507 e. The maximum atomic E-state index is 11.3. The molecule has 2 rings (SSSR count). The fraction of sp³-hybridized carbons (Fsp3) is 0.533. The van der Waals surface area contributed by atoms with Gasteiger partial charge in [0.15, 0.2) is 0 Å². The van der Waals surface area contributed by atoms with Crippen molar-refractivity contribution in [2.45, 2.75) is 33.1 Å². The van der Waals surface area contributed by atoms with Crippen molar-refractivity contribution in [3.05, 3.63) is 26.8 Å². The van der Waals surface area contributed by atoms with Crippen molar-refractivity contribution in [1.82, 2.24) is 4.90 Å². The second kappa shape index (κ2) is 5.42. The number of carboxylic acid groups (broad SMARTS) is 1. The van der Waals surface area contributed by atoms with Crippen molar-refractivity contribution in [3.63, 3.8) is 0 Å². The van der Waals surface area contributed by atoms with E-state index >= 15 is 0 Å². The van der Waals surface area contributed by atoms with Crippen molar-refractivity contribution < 1.29 is 15.0 Å². The van der Waals surface area contributed by atoms with E-state index in [1.54, 1.807) is 6.07 Å². The van der Waals surface area contributed by atoms with E-state index < -0.39 is 6.09 Å². The maximum Gasteiger partial charge on any atom is 0.407 e. The average molecular weight is 389 g/mol. The number of hydrogen-bond acceptors (Lipinski definition) is 2. The summed E-state index contributed by atoms with van der Waals surface area (Å²) in [6.07, 6.45) is -0.218. The van der Waals surface area contributed by atoms with E-state index in [2.05, 4.69) is 43.4 Å². The minimum absolute atomic E-state index is 0.0349. The van der Waals surface area contributed by atoms with Gasteiger partial charge in [-0.25, -0.2) is 4.79 Å². The van der Waals surface area contributed by atoms with Gasteiger partial charge in [-0.05, 0) is 57.7 Å². The zero-order chi connectivity index (χ0) is 15.1. The second-order valence-electron chi connectivity index (χ2n) is 6.40. The molecule has 1 aliphatic heterocycles. The number of halogens is 1. The standard InChI is InChI=1S/C15H20INO3/c1-15(2,3)11-8-17(14(19)20)5-4-9-6-13(18)12(16)7-10(9)11/h6-7,11,18H,4-5,8H2,1-3H3,(H,19,20). The fourth-order valence-electron chi connectivity index (χ4n) is 2.74. The molecule has 1 aromatic carbocycles. The van der Waals surface area contributed by atoms with Crippen LogP contribution < -0.4 is 0 Å². The van der Waals surface area contributed by atoms with Gasteiger partial charge in [-0.15, -0.1) is 0 Å². The molecule has 1 heterocycles. The number of benzene rings is 1. The smallest absolute Gasteiger partial charge is 0.407 e. The number of hydrogen-bond donors (Lipinski definition) is 2. The van der Waals surface area contributed by atoms with Gasteiger partial charge in [0.05, 0.1) is 3.57 Å². The van der Waals surface area contributed by atoms with Crippen LogP contribution >= 0.6 is 22.6 Å². The number of amides is 1. The number of aromatic hydroxyl groups is 1. The van der Waals surface area contributed by atoms with Gasteiger partial charge in [0, 0.05) is 19.0 Å². The van der Waals surface area contributed by atoms with Gasteiger partial charge in [-0.1, -0.05) is 20.8 Å². The molecule has 0 fully saturated rings. The lowest BCUT2D eigenvalue weighted by atomic mass is 9.75. The highest BCUT2D eigenvalue weighted by Crippen LogP contribution is 2.41. The molecule has 1 aliphatic rings. The lowest BCUT2D eigenvalue weighted by molar-refractivity contribution is 0.135. The van der Waals surface area contributed by atoms with Crippen LogP contribution in [-0.2, 0) is 6.42 Å². The zero-order valence-corrected chi connectivity index (χ0v) is 14.1. The van der Waals surface area contributed by atoms with E-state index in [9.17, 15) is 15.0 Å². The van der Waals surface area contributed by atoms with Crippen LogP contribution in [0.25, 0.3) is 0 Å². The van der Waals surface area contributed by atoms with E-state index in [1.807, 2.05) is 6.07 Å². The Balaban J connectivity index is 2.52. The van der Waals surface area contributed by atoms with Crippen LogP contribution in [0.2, 0.25) is 0 Å². The average Bonchev–Trinajstić information content (AvgIpc) is 2.49. The molecule has 0 saturated heterocycles. The van der Waals surface area contributed by atoms with Crippen LogP contribution in [0.3, 0.4) is 0 Å². The predicted octanol–water partition coefficient (Wildman–Crippen LogP) is 3.66. The molecular weight excluding hydrogens is 369 g/mol. The molecule has 20 heavy (non-hydrogen) atoms. The summed E-state index contributed by atoms with van der Waals surface area (Å²) in [5, 5.41) is 19.2. The number of nitrogens with zero attached hydrogens (tertiary/aromatic N) is 1. The quantitative estimate of drug-likeness (QED) is 0.666. The van der Waals surface area contributed by atoms with Crippen LogP contribution in [0.1, 0.15) is 37.8 Å². The first-order chi connectivity index (χ1) is 9.20. The molecule has 5 heteroatoms. The highest BCUT2D eigenvalue weighted by atomic mass is 127. The fourth-order valence-corrected chi connectivity index (χ4v) is 3.23. The Morgan fingerprint density at radius 2 is 2.05 bits per heavy atom. The van der Waals surface area contributed by atoms with E-state index in [4.69, 9.17) is 0 Å². The minimum atomic E-state index is -0.869. The Bertz CT molecular complexity index is 537. The second-order valence-corrected chi connectivity index (χ2v) is 7.56. The third kappa shape index (κ3) is 3.02. The summed E-state index contributed by atoms with van der Waals surface area (Å²) < 4.78 is 0.819. The molecule has 1 unspecified atom stereocenters. The molecule has 0 radical (unpaired) electrons. The van der Waals surface area contributed by atoms with E-state index in [0.29, 0.717) is 19.5 Å². The first-order valence-corrected chi connectivity index (χ1v) is 7.77. The van der Waals surface area contributed by atoms with E-state index in [0.717, 1.165) is 9.13 Å². The van der Waals surface area contributed by atoms with Gasteiger partial charge >= 0.3 is 6.09 Å². The van der Waals surface area contributed by atoms with Crippen molar-refractivity contribution in [1.29, 1.82) is 0 Å².